The van der Waals surface area contributed by atoms with Crippen LogP contribution in [-0.4, -0.2) is 47.6 Å². The van der Waals surface area contributed by atoms with Gasteiger partial charge in [0.05, 0.1) is 12.6 Å². The van der Waals surface area contributed by atoms with Gasteiger partial charge in [-0.1, -0.05) is 0 Å². The smallest absolute Gasteiger partial charge is 0.346 e. The maximum Gasteiger partial charge on any atom is 0.346 e. The number of rotatable bonds is 8. The van der Waals surface area contributed by atoms with Crippen LogP contribution in [0.25, 0.3) is 0 Å². The molecule has 0 radical (unpaired) electrons. The van der Waals surface area contributed by atoms with Gasteiger partial charge >= 0.3 is 5.97 Å². The molecule has 0 bridgehead atoms. The van der Waals surface area contributed by atoms with Gasteiger partial charge in [-0.2, -0.15) is 0 Å². The van der Waals surface area contributed by atoms with Crippen LogP contribution in [-0.2, 0) is 16.1 Å². The number of nitrogens with zero attached hydrogens (tertiary/aromatic N) is 1. The molecule has 0 spiro atoms. The second kappa shape index (κ2) is 9.17. The van der Waals surface area contributed by atoms with E-state index in [1.807, 2.05) is 18.0 Å². The summed E-state index contributed by atoms with van der Waals surface area (Å²) < 4.78 is 5.78. The molecule has 0 saturated heterocycles. The number of ether oxygens (including phenoxy) is 1. The van der Waals surface area contributed by atoms with Gasteiger partial charge in [0.1, 0.15) is 4.88 Å². The zero-order chi connectivity index (χ0) is 19.4. The van der Waals surface area contributed by atoms with E-state index in [1.54, 1.807) is 5.38 Å². The molecule has 7 heteroatoms. The van der Waals surface area contributed by atoms with Crippen molar-refractivity contribution < 1.29 is 19.4 Å². The predicted octanol–water partition coefficient (Wildman–Crippen LogP) is 3.11. The molecule has 1 heterocycles. The van der Waals surface area contributed by atoms with Crippen molar-refractivity contribution in [3.8, 4) is 0 Å². The summed E-state index contributed by atoms with van der Waals surface area (Å²) in [7, 11) is 1.89. The molecule has 0 aliphatic heterocycles. The highest BCUT2D eigenvalue weighted by Crippen LogP contribution is 2.32. The molecule has 1 aromatic heterocycles. The number of likely N-dealkylation sites (N-methyl/N-ethyl adjacent to an activating group) is 1. The Morgan fingerprint density at radius 2 is 2.00 bits per heavy atom. The van der Waals surface area contributed by atoms with Crippen LogP contribution in [0.4, 0.5) is 0 Å². The SMILES string of the molecule is CN(C(=O)[C@@H](N)C1CCC(COCc2ccsc2C(=O)O)CC1)C1CCC1. The van der Waals surface area contributed by atoms with E-state index in [4.69, 9.17) is 15.6 Å². The van der Waals surface area contributed by atoms with Crippen molar-refractivity contribution in [1.29, 1.82) is 0 Å². The number of hydrogen-bond donors (Lipinski definition) is 2. The maximum atomic E-state index is 12.6. The fourth-order valence-corrected chi connectivity index (χ4v) is 4.82. The number of aromatic carboxylic acids is 1. The summed E-state index contributed by atoms with van der Waals surface area (Å²) in [5.74, 6) is -0.0840. The highest BCUT2D eigenvalue weighted by molar-refractivity contribution is 7.12. The third-order valence-electron chi connectivity index (χ3n) is 6.21. The lowest BCUT2D eigenvalue weighted by Gasteiger charge is -2.38. The van der Waals surface area contributed by atoms with E-state index >= 15 is 0 Å². The number of amides is 1. The number of hydrogen-bond acceptors (Lipinski definition) is 5. The predicted molar refractivity (Wildman–Crippen MR) is 105 cm³/mol. The van der Waals surface area contributed by atoms with Crippen molar-refractivity contribution >= 4 is 23.2 Å². The van der Waals surface area contributed by atoms with Gasteiger partial charge in [0.15, 0.2) is 0 Å². The Labute approximate surface area is 164 Å². The number of thiophene rings is 1. The average molecular weight is 395 g/mol. The van der Waals surface area contributed by atoms with Crippen molar-refractivity contribution in [2.24, 2.45) is 17.6 Å². The molecule has 1 aromatic rings. The van der Waals surface area contributed by atoms with Crippen molar-refractivity contribution in [1.82, 2.24) is 4.90 Å². The fourth-order valence-electron chi connectivity index (χ4n) is 4.08. The number of carbonyl (C=O) groups is 2. The van der Waals surface area contributed by atoms with Gasteiger partial charge in [-0.05, 0) is 68.2 Å². The third-order valence-corrected chi connectivity index (χ3v) is 7.15. The Kier molecular flexibility index (Phi) is 6.89. The standard InChI is InChI=1S/C20H30N2O4S/c1-22(16-3-2-4-16)19(23)17(21)14-7-5-13(6-8-14)11-26-12-15-9-10-27-18(15)20(24)25/h9-10,13-14,16-17H,2-8,11-12,21H2,1H3,(H,24,25)/t13?,14?,17-/m0/s1. The highest BCUT2D eigenvalue weighted by Gasteiger charge is 2.34. The summed E-state index contributed by atoms with van der Waals surface area (Å²) in [5, 5.41) is 10.9. The van der Waals surface area contributed by atoms with Crippen LogP contribution >= 0.6 is 11.3 Å². The number of carboxylic acids is 1. The van der Waals surface area contributed by atoms with Crippen LogP contribution < -0.4 is 5.73 Å². The quantitative estimate of drug-likeness (QED) is 0.707. The minimum Gasteiger partial charge on any atom is -0.477 e. The molecular formula is C20H30N2O4S. The third kappa shape index (κ3) is 4.89. The Morgan fingerprint density at radius 3 is 2.59 bits per heavy atom. The molecule has 1 amide bonds. The van der Waals surface area contributed by atoms with Gasteiger partial charge in [0.2, 0.25) is 5.91 Å². The van der Waals surface area contributed by atoms with E-state index in [-0.39, 0.29) is 17.9 Å². The highest BCUT2D eigenvalue weighted by atomic mass is 32.1. The molecule has 150 valence electrons. The first-order valence-corrected chi connectivity index (χ1v) is 10.7. The molecule has 0 unspecified atom stereocenters. The van der Waals surface area contributed by atoms with Gasteiger partial charge < -0.3 is 20.5 Å². The first kappa shape index (κ1) is 20.3. The Hall–Kier alpha value is -1.44. The molecule has 2 saturated carbocycles. The molecule has 2 aliphatic carbocycles. The molecule has 2 fully saturated rings. The number of carboxylic acid groups (broad SMARTS) is 1. The molecule has 27 heavy (non-hydrogen) atoms. The van der Waals surface area contributed by atoms with Crippen LogP contribution in [0.2, 0.25) is 0 Å². The lowest BCUT2D eigenvalue weighted by Crippen LogP contribution is -2.52. The minimum atomic E-state index is -0.894. The van der Waals surface area contributed by atoms with E-state index in [2.05, 4.69) is 0 Å². The van der Waals surface area contributed by atoms with E-state index in [0.29, 0.717) is 30.1 Å². The van der Waals surface area contributed by atoms with Gasteiger partial charge in [0.25, 0.3) is 0 Å². The van der Waals surface area contributed by atoms with Crippen LogP contribution in [0.15, 0.2) is 11.4 Å². The van der Waals surface area contributed by atoms with Crippen LogP contribution in [0.1, 0.15) is 60.2 Å². The normalized spacial score (nSPS) is 24.2. The summed E-state index contributed by atoms with van der Waals surface area (Å²) in [6, 6.07) is 1.82. The van der Waals surface area contributed by atoms with Crippen molar-refractivity contribution in [3.63, 3.8) is 0 Å². The zero-order valence-corrected chi connectivity index (χ0v) is 16.7. The van der Waals surface area contributed by atoms with Gasteiger partial charge in [-0.3, -0.25) is 4.79 Å². The Bertz CT molecular complexity index is 650. The van der Waals surface area contributed by atoms with E-state index < -0.39 is 5.97 Å². The van der Waals surface area contributed by atoms with Crippen molar-refractivity contribution in [2.75, 3.05) is 13.7 Å². The van der Waals surface area contributed by atoms with E-state index in [1.165, 1.54) is 17.8 Å². The lowest BCUT2D eigenvalue weighted by atomic mass is 9.78. The molecule has 6 nitrogen and oxygen atoms in total. The van der Waals surface area contributed by atoms with Crippen LogP contribution in [0.5, 0.6) is 0 Å². The summed E-state index contributed by atoms with van der Waals surface area (Å²) in [5.41, 5.74) is 7.03. The molecule has 1 atom stereocenters. The van der Waals surface area contributed by atoms with Gasteiger partial charge in [0, 0.05) is 25.3 Å². The largest absolute Gasteiger partial charge is 0.477 e. The monoisotopic (exact) mass is 394 g/mol. The maximum absolute atomic E-state index is 12.6. The molecule has 0 aromatic carbocycles. The van der Waals surface area contributed by atoms with Gasteiger partial charge in [-0.25, -0.2) is 4.79 Å². The summed E-state index contributed by atoms with van der Waals surface area (Å²) in [6.07, 6.45) is 7.35. The number of nitrogens with two attached hydrogens (primary N) is 1. The Morgan fingerprint density at radius 1 is 1.30 bits per heavy atom. The second-order valence-electron chi connectivity index (χ2n) is 7.94. The lowest BCUT2D eigenvalue weighted by molar-refractivity contribution is -0.136. The van der Waals surface area contributed by atoms with Crippen molar-refractivity contribution in [2.45, 2.75) is 63.6 Å². The van der Waals surface area contributed by atoms with Gasteiger partial charge in [-0.15, -0.1) is 11.3 Å². The van der Waals surface area contributed by atoms with E-state index in [9.17, 15) is 9.59 Å². The number of carbonyl (C=O) groups excluding carboxylic acids is 1. The Balaban J connectivity index is 1.39. The summed E-state index contributed by atoms with van der Waals surface area (Å²) in [4.78, 5) is 25.9. The average Bonchev–Trinajstić information content (AvgIpc) is 3.08. The molecule has 3 rings (SSSR count). The fraction of sp³-hybridized carbons (Fsp3) is 0.700. The molecule has 2 aliphatic rings. The zero-order valence-electron chi connectivity index (χ0n) is 15.9. The summed E-state index contributed by atoms with van der Waals surface area (Å²) >= 11 is 1.23. The summed E-state index contributed by atoms with van der Waals surface area (Å²) in [6.45, 7) is 0.974. The molecule has 3 N–H and O–H groups in total. The molecular weight excluding hydrogens is 364 g/mol. The topological polar surface area (TPSA) is 92.9 Å². The van der Waals surface area contributed by atoms with Crippen LogP contribution in [0, 0.1) is 11.8 Å². The van der Waals surface area contributed by atoms with Crippen molar-refractivity contribution in [3.05, 3.63) is 21.9 Å². The second-order valence-corrected chi connectivity index (χ2v) is 8.85. The minimum absolute atomic E-state index is 0.0954. The first-order valence-electron chi connectivity index (χ1n) is 9.87. The van der Waals surface area contributed by atoms with E-state index in [0.717, 1.165) is 44.1 Å². The first-order chi connectivity index (χ1) is 13.0. The van der Waals surface area contributed by atoms with Crippen LogP contribution in [0.3, 0.4) is 0 Å².